The van der Waals surface area contributed by atoms with E-state index in [1.165, 1.54) is 60.0 Å². The number of para-hydroxylation sites is 1. The zero-order chi connectivity index (χ0) is 48.1. The Hall–Kier alpha value is -8.91. The second-order valence-corrected chi connectivity index (χ2v) is 13.9. The number of carbonyl (C=O) groups is 7. The average molecular weight is 934 g/mol. The van der Waals surface area contributed by atoms with E-state index >= 15 is 0 Å². The second-order valence-electron chi connectivity index (χ2n) is 12.9. The number of hydrazone groups is 1. The van der Waals surface area contributed by atoms with E-state index in [1.54, 1.807) is 12.1 Å². The molecule has 0 unspecified atom stereocenters. The summed E-state index contributed by atoms with van der Waals surface area (Å²) in [5.74, 6) is -5.72. The number of hydrogen-bond acceptors (Lipinski definition) is 20. The molecule has 0 aliphatic heterocycles. The number of Topliss-reactive ketones (excluding diaryl/α,β-unsaturated/α-hetero) is 2. The Morgan fingerprint density at radius 1 is 0.597 bits per heavy atom. The van der Waals surface area contributed by atoms with Crippen molar-refractivity contribution in [2.45, 2.75) is 12.8 Å². The van der Waals surface area contributed by atoms with Gasteiger partial charge in [-0.05, 0) is 72.6 Å². The molecule has 0 spiro atoms. The minimum atomic E-state index is -0.874. The number of ketones is 2. The highest BCUT2D eigenvalue weighted by atomic mass is 32.1. The summed E-state index contributed by atoms with van der Waals surface area (Å²) in [6.07, 6.45) is 4.90. The van der Waals surface area contributed by atoms with Crippen LogP contribution in [0.2, 0.25) is 0 Å². The summed E-state index contributed by atoms with van der Waals surface area (Å²) in [6, 6.07) is 19.9. The quantitative estimate of drug-likeness (QED) is 0.00706. The van der Waals surface area contributed by atoms with Crippen molar-refractivity contribution in [3.8, 4) is 28.7 Å². The van der Waals surface area contributed by atoms with Crippen LogP contribution in [0.4, 0.5) is 5.13 Å². The van der Waals surface area contributed by atoms with Crippen molar-refractivity contribution in [2.75, 3.05) is 32.6 Å². The van der Waals surface area contributed by atoms with Crippen LogP contribution in [-0.4, -0.2) is 79.8 Å². The smallest absolute Gasteiger partial charge is 0.343 e. The Morgan fingerprint density at radius 2 is 1.10 bits per heavy atom. The SMILES string of the molecule is C=CC(=O)OCOc1ccc(C(=O)Oc2ccc(CCC(=O)C(=O)c3ccc(OCOC(=O)C=C)c(OCOC(=O)C=C)c3)cc2/C=N/Nc2nc3ccccc3s2)cc1OCOC(=O)C=C. The van der Waals surface area contributed by atoms with Crippen LogP contribution in [0.1, 0.15) is 38.3 Å². The van der Waals surface area contributed by atoms with Crippen molar-refractivity contribution in [3.05, 3.63) is 152 Å². The Morgan fingerprint density at radius 3 is 1.66 bits per heavy atom. The Labute approximate surface area is 385 Å². The summed E-state index contributed by atoms with van der Waals surface area (Å²) in [6.45, 7) is 11.0. The molecule has 5 rings (SSSR count). The predicted molar refractivity (Wildman–Crippen MR) is 240 cm³/mol. The van der Waals surface area contributed by atoms with Gasteiger partial charge in [-0.15, -0.1) is 0 Å². The van der Waals surface area contributed by atoms with E-state index in [0.29, 0.717) is 10.7 Å². The first-order valence-electron chi connectivity index (χ1n) is 19.4. The summed E-state index contributed by atoms with van der Waals surface area (Å²) < 4.78 is 48.0. The first-order valence-corrected chi connectivity index (χ1v) is 20.3. The van der Waals surface area contributed by atoms with E-state index in [9.17, 15) is 33.6 Å². The van der Waals surface area contributed by atoms with Crippen LogP contribution < -0.4 is 29.1 Å². The number of rotatable bonds is 26. The largest absolute Gasteiger partial charge is 0.453 e. The molecule has 1 heterocycles. The third-order valence-electron chi connectivity index (χ3n) is 8.54. The Kier molecular flexibility index (Phi) is 18.2. The number of aromatic nitrogens is 1. The van der Waals surface area contributed by atoms with Crippen molar-refractivity contribution in [1.82, 2.24) is 4.98 Å². The van der Waals surface area contributed by atoms with Gasteiger partial charge in [-0.2, -0.15) is 5.10 Å². The van der Waals surface area contributed by atoms with Crippen molar-refractivity contribution in [1.29, 1.82) is 0 Å². The van der Waals surface area contributed by atoms with Crippen molar-refractivity contribution in [2.24, 2.45) is 5.10 Å². The number of anilines is 1. The van der Waals surface area contributed by atoms with E-state index in [-0.39, 0.29) is 58.3 Å². The molecule has 19 nitrogen and oxygen atoms in total. The van der Waals surface area contributed by atoms with E-state index in [2.05, 4.69) is 41.8 Å². The van der Waals surface area contributed by atoms with Gasteiger partial charge in [0.1, 0.15) is 5.75 Å². The van der Waals surface area contributed by atoms with Crippen LogP contribution in [0.15, 0.2) is 135 Å². The van der Waals surface area contributed by atoms with E-state index in [1.807, 2.05) is 24.3 Å². The van der Waals surface area contributed by atoms with Crippen molar-refractivity contribution >= 4 is 74.3 Å². The molecule has 67 heavy (non-hydrogen) atoms. The van der Waals surface area contributed by atoms with Gasteiger partial charge in [-0.25, -0.2) is 29.0 Å². The Balaban J connectivity index is 1.35. The number of fused-ring (bicyclic) bond motifs is 1. The minimum Gasteiger partial charge on any atom is -0.453 e. The summed E-state index contributed by atoms with van der Waals surface area (Å²) in [4.78, 5) is 90.9. The molecule has 4 aromatic carbocycles. The molecule has 0 atom stereocenters. The molecular weight excluding hydrogens is 895 g/mol. The van der Waals surface area contributed by atoms with Gasteiger partial charge in [0.05, 0.1) is 22.0 Å². The molecule has 5 aromatic rings. The monoisotopic (exact) mass is 933 g/mol. The number of benzene rings is 4. The van der Waals surface area contributed by atoms with Gasteiger partial charge >= 0.3 is 29.8 Å². The van der Waals surface area contributed by atoms with E-state index in [4.69, 9.17) is 42.6 Å². The third kappa shape index (κ3) is 14.8. The summed E-state index contributed by atoms with van der Waals surface area (Å²) in [5.41, 5.74) is 4.35. The van der Waals surface area contributed by atoms with Crippen LogP contribution in [-0.2, 0) is 49.3 Å². The van der Waals surface area contributed by atoms with Gasteiger partial charge in [0.2, 0.25) is 43.9 Å². The number of ether oxygens (including phenoxy) is 9. The molecule has 20 heteroatoms. The van der Waals surface area contributed by atoms with Crippen molar-refractivity contribution < 1.29 is 76.2 Å². The van der Waals surface area contributed by atoms with Gasteiger partial charge < -0.3 is 42.6 Å². The van der Waals surface area contributed by atoms with Crippen LogP contribution in [0, 0.1) is 0 Å². The molecule has 0 aliphatic carbocycles. The molecule has 0 bridgehead atoms. The van der Waals surface area contributed by atoms with Crippen LogP contribution in [0.5, 0.6) is 28.7 Å². The second kappa shape index (κ2) is 24.8. The lowest BCUT2D eigenvalue weighted by molar-refractivity contribution is -0.146. The van der Waals surface area contributed by atoms with Crippen LogP contribution in [0.3, 0.4) is 0 Å². The minimum absolute atomic E-state index is 0.00165. The first-order chi connectivity index (χ1) is 32.4. The molecule has 344 valence electrons. The fourth-order valence-electron chi connectivity index (χ4n) is 5.30. The highest BCUT2D eigenvalue weighted by Crippen LogP contribution is 2.32. The van der Waals surface area contributed by atoms with Gasteiger partial charge in [0.25, 0.3) is 0 Å². The molecular formula is C47H39N3O16S. The molecule has 0 amide bonds. The summed E-state index contributed by atoms with van der Waals surface area (Å²) >= 11 is 1.36. The average Bonchev–Trinajstić information content (AvgIpc) is 3.76. The lowest BCUT2D eigenvalue weighted by Gasteiger charge is -2.14. The lowest BCUT2D eigenvalue weighted by atomic mass is 10.00. The lowest BCUT2D eigenvalue weighted by Crippen LogP contribution is -2.16. The number of aryl methyl sites for hydroxylation is 1. The van der Waals surface area contributed by atoms with Crippen LogP contribution in [0.25, 0.3) is 10.2 Å². The van der Waals surface area contributed by atoms with Gasteiger partial charge in [-0.3, -0.25) is 15.0 Å². The zero-order valence-corrected chi connectivity index (χ0v) is 36.1. The highest BCUT2D eigenvalue weighted by Gasteiger charge is 2.21. The maximum atomic E-state index is 13.6. The molecule has 0 radical (unpaired) electrons. The van der Waals surface area contributed by atoms with Crippen LogP contribution >= 0.6 is 11.3 Å². The maximum absolute atomic E-state index is 13.6. The molecule has 0 saturated carbocycles. The Bertz CT molecular complexity index is 2710. The number of carbonyl (C=O) groups excluding carboxylic acids is 7. The maximum Gasteiger partial charge on any atom is 0.343 e. The molecule has 0 saturated heterocycles. The standard InChI is InChI=1S/C47H39N3O16S/c1-5-41(52)62-25-58-36-19-15-30(22-38(36)60-27-64-43(54)7-3)45(56)34(51)17-13-29-14-18-35(32(21-29)24-48-50-47-49-33-11-9-10-12-40(33)67-47)66-46(57)31-16-20-37(59-26-63-42(53)6-2)39(23-31)61-28-65-44(55)8-4/h5-12,14-16,18-24H,1-4,13,17,25-28H2,(H,49,50)/b48-24+. The third-order valence-corrected chi connectivity index (χ3v) is 9.48. The van der Waals surface area contributed by atoms with Gasteiger partial charge in [0, 0.05) is 41.9 Å². The number of hydrogen-bond donors (Lipinski definition) is 1. The van der Waals surface area contributed by atoms with Gasteiger partial charge in [-0.1, -0.05) is 55.9 Å². The molecule has 0 fully saturated rings. The topological polar surface area (TPSA) is 240 Å². The fraction of sp³-hybridized carbons (Fsp3) is 0.128. The summed E-state index contributed by atoms with van der Waals surface area (Å²) in [5, 5.41) is 4.79. The van der Waals surface area contributed by atoms with E-state index in [0.717, 1.165) is 34.5 Å². The molecule has 1 N–H and O–H groups in total. The fourth-order valence-corrected chi connectivity index (χ4v) is 6.12. The molecule has 1 aromatic heterocycles. The number of nitrogens with one attached hydrogen (secondary N) is 1. The zero-order valence-electron chi connectivity index (χ0n) is 35.3. The normalized spacial score (nSPS) is 10.4. The number of thiazole rings is 1. The number of esters is 5. The highest BCUT2D eigenvalue weighted by molar-refractivity contribution is 7.22. The number of nitrogens with zero attached hydrogens (tertiary/aromatic N) is 2. The van der Waals surface area contributed by atoms with Crippen molar-refractivity contribution in [3.63, 3.8) is 0 Å². The first kappa shape index (κ1) is 49.1. The van der Waals surface area contributed by atoms with E-state index < -0.39 is 68.6 Å². The predicted octanol–water partition coefficient (Wildman–Crippen LogP) is 6.61. The summed E-state index contributed by atoms with van der Waals surface area (Å²) in [7, 11) is 0. The van der Waals surface area contributed by atoms with Gasteiger partial charge in [0.15, 0.2) is 23.0 Å². The molecule has 0 aliphatic rings.